The number of hydrogen-bond donors (Lipinski definition) is 2. The summed E-state index contributed by atoms with van der Waals surface area (Å²) in [6.45, 7) is 8.23. The van der Waals surface area contributed by atoms with Crippen LogP contribution in [0.5, 0.6) is 0 Å². The van der Waals surface area contributed by atoms with Crippen LogP contribution in [0.15, 0.2) is 18.2 Å². The molecule has 1 aliphatic rings. The molecular formula is C21H25N3O4S. The summed E-state index contributed by atoms with van der Waals surface area (Å²) in [6, 6.07) is 4.32. The van der Waals surface area contributed by atoms with E-state index >= 15 is 0 Å². The van der Waals surface area contributed by atoms with E-state index in [-0.39, 0.29) is 16.7 Å². The molecule has 0 saturated heterocycles. The van der Waals surface area contributed by atoms with Gasteiger partial charge in [0.1, 0.15) is 5.00 Å². The molecule has 0 fully saturated rings. The Bertz CT molecular complexity index is 1000. The predicted octanol–water partition coefficient (Wildman–Crippen LogP) is 4.47. The van der Waals surface area contributed by atoms with Gasteiger partial charge in [0.05, 0.1) is 10.5 Å². The van der Waals surface area contributed by atoms with E-state index in [0.29, 0.717) is 22.0 Å². The number of nitrogens with zero attached hydrogens (tertiary/aromatic N) is 1. The molecule has 1 atom stereocenters. The maximum Gasteiger partial charge on any atom is 0.273 e. The highest BCUT2D eigenvalue weighted by Crippen LogP contribution is 2.44. The van der Waals surface area contributed by atoms with E-state index in [2.05, 4.69) is 26.1 Å². The van der Waals surface area contributed by atoms with Crippen LogP contribution in [-0.4, -0.2) is 16.7 Å². The molecule has 2 amide bonds. The number of carbonyl (C=O) groups is 2. The highest BCUT2D eigenvalue weighted by molar-refractivity contribution is 7.17. The van der Waals surface area contributed by atoms with Crippen molar-refractivity contribution in [1.29, 1.82) is 0 Å². The molecule has 154 valence electrons. The van der Waals surface area contributed by atoms with Gasteiger partial charge in [-0.3, -0.25) is 19.7 Å². The summed E-state index contributed by atoms with van der Waals surface area (Å²) in [6.07, 6.45) is 2.55. The number of hydrogen-bond acceptors (Lipinski definition) is 5. The van der Waals surface area contributed by atoms with Crippen LogP contribution >= 0.6 is 11.3 Å². The number of nitrogens with one attached hydrogen (secondary N) is 1. The fraction of sp³-hybridized carbons (Fsp3) is 0.429. The first-order valence-corrected chi connectivity index (χ1v) is 10.3. The third-order valence-electron chi connectivity index (χ3n) is 5.63. The van der Waals surface area contributed by atoms with Crippen LogP contribution in [0.2, 0.25) is 0 Å². The zero-order valence-electron chi connectivity index (χ0n) is 17.0. The van der Waals surface area contributed by atoms with Gasteiger partial charge in [0.25, 0.3) is 17.5 Å². The van der Waals surface area contributed by atoms with Crippen LogP contribution in [0.25, 0.3) is 0 Å². The quantitative estimate of drug-likeness (QED) is 0.566. The smallest absolute Gasteiger partial charge is 0.273 e. The SMILES string of the molecule is Cc1ccc(C(=O)Nc2sc3c(c2C(N)=O)CC[C@@H](C(C)(C)C)C3)cc1[N+](=O)[O-]. The predicted molar refractivity (Wildman–Crippen MR) is 114 cm³/mol. The van der Waals surface area contributed by atoms with Crippen LogP contribution in [-0.2, 0) is 12.8 Å². The number of benzene rings is 1. The molecule has 1 aliphatic carbocycles. The van der Waals surface area contributed by atoms with Crippen molar-refractivity contribution in [2.45, 2.75) is 47.0 Å². The topological polar surface area (TPSA) is 115 Å². The Morgan fingerprint density at radius 3 is 2.59 bits per heavy atom. The van der Waals surface area contributed by atoms with E-state index in [4.69, 9.17) is 5.73 Å². The molecule has 0 saturated carbocycles. The van der Waals surface area contributed by atoms with Crippen LogP contribution in [0.4, 0.5) is 10.7 Å². The van der Waals surface area contributed by atoms with Crippen LogP contribution in [0, 0.1) is 28.4 Å². The molecule has 0 spiro atoms. The summed E-state index contributed by atoms with van der Waals surface area (Å²) in [5, 5.41) is 14.3. The number of rotatable bonds is 4. The molecule has 3 rings (SSSR count). The zero-order chi connectivity index (χ0) is 21.5. The van der Waals surface area contributed by atoms with Crippen molar-refractivity contribution < 1.29 is 14.5 Å². The highest BCUT2D eigenvalue weighted by atomic mass is 32.1. The average molecular weight is 416 g/mol. The molecule has 1 heterocycles. The first-order valence-electron chi connectivity index (χ1n) is 9.49. The molecule has 2 aromatic rings. The monoisotopic (exact) mass is 415 g/mol. The summed E-state index contributed by atoms with van der Waals surface area (Å²) < 4.78 is 0. The first kappa shape index (κ1) is 21.0. The molecule has 8 heteroatoms. The number of aryl methyl sites for hydroxylation is 1. The first-order chi connectivity index (χ1) is 13.5. The maximum absolute atomic E-state index is 12.7. The van der Waals surface area contributed by atoms with Gasteiger partial charge in [-0.15, -0.1) is 11.3 Å². The summed E-state index contributed by atoms with van der Waals surface area (Å²) >= 11 is 1.38. The van der Waals surface area contributed by atoms with Gasteiger partial charge in [0.15, 0.2) is 0 Å². The molecule has 1 aromatic heterocycles. The van der Waals surface area contributed by atoms with Crippen molar-refractivity contribution in [2.24, 2.45) is 17.1 Å². The van der Waals surface area contributed by atoms with Gasteiger partial charge in [0, 0.05) is 22.1 Å². The maximum atomic E-state index is 12.7. The minimum atomic E-state index is -0.568. The Labute approximate surface area is 173 Å². The van der Waals surface area contributed by atoms with Crippen molar-refractivity contribution in [3.05, 3.63) is 55.4 Å². The molecule has 29 heavy (non-hydrogen) atoms. The van der Waals surface area contributed by atoms with E-state index < -0.39 is 16.7 Å². The average Bonchev–Trinajstić information content (AvgIpc) is 2.98. The lowest BCUT2D eigenvalue weighted by Gasteiger charge is -2.33. The Morgan fingerprint density at radius 2 is 2.00 bits per heavy atom. The van der Waals surface area contributed by atoms with E-state index in [1.54, 1.807) is 6.92 Å². The standard InChI is InChI=1S/C21H25N3O4S/c1-11-5-6-12(9-15(11)24(27)28)19(26)23-20-17(18(22)25)14-8-7-13(21(2,3)4)10-16(14)29-20/h5-6,9,13H,7-8,10H2,1-4H3,(H2,22,25)(H,23,26)/t13-/m1/s1. The molecular weight excluding hydrogens is 390 g/mol. The molecule has 1 aromatic carbocycles. The number of nitro benzene ring substituents is 1. The van der Waals surface area contributed by atoms with Gasteiger partial charge in [-0.25, -0.2) is 0 Å². The number of carbonyl (C=O) groups excluding carboxylic acids is 2. The van der Waals surface area contributed by atoms with Gasteiger partial charge in [-0.1, -0.05) is 26.8 Å². The molecule has 7 nitrogen and oxygen atoms in total. The number of fused-ring (bicyclic) bond motifs is 1. The third-order valence-corrected chi connectivity index (χ3v) is 6.80. The van der Waals surface area contributed by atoms with Crippen LogP contribution in [0.3, 0.4) is 0 Å². The molecule has 3 N–H and O–H groups in total. The number of primary amides is 1. The molecule has 0 aliphatic heterocycles. The van der Waals surface area contributed by atoms with Crippen LogP contribution in [0.1, 0.15) is 63.9 Å². The van der Waals surface area contributed by atoms with Gasteiger partial charge in [-0.05, 0) is 49.1 Å². The number of nitrogens with two attached hydrogens (primary N) is 1. The Kier molecular flexibility index (Phi) is 5.49. The summed E-state index contributed by atoms with van der Waals surface area (Å²) in [7, 11) is 0. The van der Waals surface area contributed by atoms with Crippen molar-refractivity contribution in [3.63, 3.8) is 0 Å². The summed E-state index contributed by atoms with van der Waals surface area (Å²) in [5.41, 5.74) is 7.59. The Morgan fingerprint density at radius 1 is 1.31 bits per heavy atom. The fourth-order valence-electron chi connectivity index (χ4n) is 3.80. The summed E-state index contributed by atoms with van der Waals surface area (Å²) in [4.78, 5) is 36.6. The van der Waals surface area contributed by atoms with Crippen molar-refractivity contribution in [1.82, 2.24) is 0 Å². The number of anilines is 1. The van der Waals surface area contributed by atoms with E-state index in [1.807, 2.05) is 0 Å². The van der Waals surface area contributed by atoms with Crippen molar-refractivity contribution >= 4 is 33.8 Å². The molecule has 0 bridgehead atoms. The van der Waals surface area contributed by atoms with Gasteiger partial charge >= 0.3 is 0 Å². The second-order valence-electron chi connectivity index (χ2n) is 8.59. The summed E-state index contributed by atoms with van der Waals surface area (Å²) in [5.74, 6) is -0.582. The number of nitro groups is 1. The lowest BCUT2D eigenvalue weighted by molar-refractivity contribution is -0.385. The molecule has 0 radical (unpaired) electrons. The minimum Gasteiger partial charge on any atom is -0.365 e. The van der Waals surface area contributed by atoms with Crippen molar-refractivity contribution in [2.75, 3.05) is 5.32 Å². The lowest BCUT2D eigenvalue weighted by Crippen LogP contribution is -2.27. The van der Waals surface area contributed by atoms with Gasteiger partial charge in [0.2, 0.25) is 0 Å². The fourth-order valence-corrected chi connectivity index (χ4v) is 5.12. The Hall–Kier alpha value is -2.74. The van der Waals surface area contributed by atoms with Gasteiger partial charge in [-0.2, -0.15) is 0 Å². The van der Waals surface area contributed by atoms with Crippen LogP contribution < -0.4 is 11.1 Å². The zero-order valence-corrected chi connectivity index (χ0v) is 17.8. The second-order valence-corrected chi connectivity index (χ2v) is 9.70. The third kappa shape index (κ3) is 4.17. The largest absolute Gasteiger partial charge is 0.365 e. The Balaban J connectivity index is 1.93. The molecule has 0 unspecified atom stereocenters. The van der Waals surface area contributed by atoms with Crippen molar-refractivity contribution in [3.8, 4) is 0 Å². The lowest BCUT2D eigenvalue weighted by atomic mass is 9.72. The van der Waals surface area contributed by atoms with E-state index in [1.165, 1.54) is 29.5 Å². The second kappa shape index (κ2) is 7.59. The highest BCUT2D eigenvalue weighted by Gasteiger charge is 2.33. The number of thiophene rings is 1. The van der Waals surface area contributed by atoms with E-state index in [9.17, 15) is 19.7 Å². The van der Waals surface area contributed by atoms with E-state index in [0.717, 1.165) is 29.7 Å². The number of amides is 2. The normalized spacial score (nSPS) is 16.2. The van der Waals surface area contributed by atoms with Gasteiger partial charge < -0.3 is 11.1 Å². The minimum absolute atomic E-state index is 0.119.